The number of amides is 2. The fraction of sp³-hybridized carbons (Fsp3) is 0.353. The summed E-state index contributed by atoms with van der Waals surface area (Å²) in [5.41, 5.74) is 2.94. The lowest BCUT2D eigenvalue weighted by molar-refractivity contribution is 0.200. The van der Waals surface area contributed by atoms with Crippen LogP contribution in [0.15, 0.2) is 24.4 Å². The summed E-state index contributed by atoms with van der Waals surface area (Å²) >= 11 is 0. The molecule has 0 spiro atoms. The Balaban J connectivity index is 1.59. The fourth-order valence-corrected chi connectivity index (χ4v) is 3.09. The van der Waals surface area contributed by atoms with Crippen molar-refractivity contribution in [2.75, 3.05) is 25.5 Å². The summed E-state index contributed by atoms with van der Waals surface area (Å²) in [5, 5.41) is 9.90. The third kappa shape index (κ3) is 3.02. The summed E-state index contributed by atoms with van der Waals surface area (Å²) in [5.74, 6) is 1.38. The first-order valence-electron chi connectivity index (χ1n) is 8.38. The number of fused-ring (bicyclic) bond motifs is 1. The van der Waals surface area contributed by atoms with Gasteiger partial charge in [0.1, 0.15) is 11.4 Å². The molecule has 1 aromatic carbocycles. The maximum Gasteiger partial charge on any atom is 0.321 e. The Bertz CT molecular complexity index is 894. The topological polar surface area (TPSA) is 98.9 Å². The van der Waals surface area contributed by atoms with Crippen molar-refractivity contribution < 1.29 is 9.53 Å². The number of ether oxygens (including phenoxy) is 1. The highest BCUT2D eigenvalue weighted by Crippen LogP contribution is 2.27. The number of imidazole rings is 1. The minimum absolute atomic E-state index is 0.0971. The maximum atomic E-state index is 12.4. The van der Waals surface area contributed by atoms with Crippen molar-refractivity contribution in [2.45, 2.75) is 19.3 Å². The van der Waals surface area contributed by atoms with Gasteiger partial charge in [-0.05, 0) is 31.4 Å². The van der Waals surface area contributed by atoms with Crippen LogP contribution in [0.3, 0.4) is 0 Å². The number of carbonyl (C=O) groups is 1. The van der Waals surface area contributed by atoms with Crippen molar-refractivity contribution in [3.63, 3.8) is 0 Å². The molecule has 1 fully saturated rings. The van der Waals surface area contributed by atoms with Crippen molar-refractivity contribution >= 4 is 22.8 Å². The van der Waals surface area contributed by atoms with Gasteiger partial charge in [0.05, 0.1) is 30.0 Å². The molecule has 4 rings (SSSR count). The molecule has 8 nitrogen and oxygen atoms in total. The quantitative estimate of drug-likeness (QED) is 0.682. The zero-order valence-electron chi connectivity index (χ0n) is 14.0. The number of likely N-dealkylation sites (tertiary alicyclic amines) is 1. The highest BCUT2D eigenvalue weighted by atomic mass is 16.5. The van der Waals surface area contributed by atoms with Gasteiger partial charge in [-0.25, -0.2) is 9.78 Å². The number of rotatable bonds is 3. The number of aromatic nitrogens is 4. The zero-order valence-corrected chi connectivity index (χ0v) is 14.0. The van der Waals surface area contributed by atoms with Crippen molar-refractivity contribution in [1.82, 2.24) is 25.1 Å². The van der Waals surface area contributed by atoms with Crippen LogP contribution in [-0.2, 0) is 0 Å². The molecule has 8 heteroatoms. The number of nitrogens with zero attached hydrogens (tertiary/aromatic N) is 3. The number of piperidine rings is 1. The number of H-pyrrole nitrogens is 2. The second-order valence-corrected chi connectivity index (χ2v) is 6.11. The number of urea groups is 1. The SMILES string of the molecule is COc1ccc2nc(-c3[nH]ncc3NC(=O)N3CCCCC3)[nH]c2c1. The number of aromatic amines is 2. The van der Waals surface area contributed by atoms with Gasteiger partial charge in [-0.1, -0.05) is 0 Å². The molecule has 1 aliphatic heterocycles. The number of nitrogens with one attached hydrogen (secondary N) is 3. The number of methoxy groups -OCH3 is 1. The second-order valence-electron chi connectivity index (χ2n) is 6.11. The van der Waals surface area contributed by atoms with Crippen LogP contribution < -0.4 is 10.1 Å². The predicted octanol–water partition coefficient (Wildman–Crippen LogP) is 2.98. The molecule has 25 heavy (non-hydrogen) atoms. The average molecular weight is 340 g/mol. The lowest BCUT2D eigenvalue weighted by Gasteiger charge is -2.26. The molecule has 0 aliphatic carbocycles. The van der Waals surface area contributed by atoms with Crippen molar-refractivity contribution in [2.24, 2.45) is 0 Å². The van der Waals surface area contributed by atoms with Crippen molar-refractivity contribution in [3.05, 3.63) is 24.4 Å². The third-order valence-corrected chi connectivity index (χ3v) is 4.45. The minimum atomic E-state index is -0.0971. The minimum Gasteiger partial charge on any atom is -0.497 e. The number of anilines is 1. The Labute approximate surface area is 144 Å². The lowest BCUT2D eigenvalue weighted by atomic mass is 10.1. The lowest BCUT2D eigenvalue weighted by Crippen LogP contribution is -2.38. The van der Waals surface area contributed by atoms with Crippen LogP contribution >= 0.6 is 0 Å². The normalized spacial score (nSPS) is 14.7. The van der Waals surface area contributed by atoms with Crippen LogP contribution in [0.1, 0.15) is 19.3 Å². The Morgan fingerprint density at radius 1 is 1.28 bits per heavy atom. The molecule has 0 unspecified atom stereocenters. The van der Waals surface area contributed by atoms with Gasteiger partial charge in [-0.3, -0.25) is 5.10 Å². The molecule has 1 aliphatic rings. The predicted molar refractivity (Wildman–Crippen MR) is 94.7 cm³/mol. The smallest absolute Gasteiger partial charge is 0.321 e. The van der Waals surface area contributed by atoms with E-state index in [1.165, 1.54) is 6.42 Å². The van der Waals surface area contributed by atoms with Crippen LogP contribution in [0.25, 0.3) is 22.6 Å². The van der Waals surface area contributed by atoms with Gasteiger partial charge in [0.15, 0.2) is 5.82 Å². The molecular weight excluding hydrogens is 320 g/mol. The first-order chi connectivity index (χ1) is 12.2. The number of hydrogen-bond acceptors (Lipinski definition) is 4. The molecule has 3 N–H and O–H groups in total. The van der Waals surface area contributed by atoms with Gasteiger partial charge >= 0.3 is 6.03 Å². The Kier molecular flexibility index (Phi) is 4.01. The number of benzene rings is 1. The first kappa shape index (κ1) is 15.5. The van der Waals surface area contributed by atoms with Crippen LogP contribution in [0, 0.1) is 0 Å². The van der Waals surface area contributed by atoms with Gasteiger partial charge in [-0.2, -0.15) is 5.10 Å². The van der Waals surface area contributed by atoms with Gasteiger partial charge < -0.3 is 19.9 Å². The Morgan fingerprint density at radius 3 is 2.92 bits per heavy atom. The number of hydrogen-bond donors (Lipinski definition) is 3. The summed E-state index contributed by atoms with van der Waals surface area (Å²) in [7, 11) is 1.63. The largest absolute Gasteiger partial charge is 0.497 e. The van der Waals surface area contributed by atoms with Crippen LogP contribution in [0.2, 0.25) is 0 Å². The molecule has 2 amide bonds. The molecule has 1 saturated heterocycles. The fourth-order valence-electron chi connectivity index (χ4n) is 3.09. The summed E-state index contributed by atoms with van der Waals surface area (Å²) in [6.45, 7) is 1.59. The zero-order chi connectivity index (χ0) is 17.2. The number of carbonyl (C=O) groups excluding carboxylic acids is 1. The molecule has 0 radical (unpaired) electrons. The molecule has 3 aromatic rings. The van der Waals surface area contributed by atoms with E-state index in [0.717, 1.165) is 42.7 Å². The monoisotopic (exact) mass is 340 g/mol. The molecule has 0 saturated carbocycles. The van der Waals surface area contributed by atoms with E-state index in [1.54, 1.807) is 13.3 Å². The van der Waals surface area contributed by atoms with Crippen LogP contribution in [0.4, 0.5) is 10.5 Å². The first-order valence-corrected chi connectivity index (χ1v) is 8.38. The van der Waals surface area contributed by atoms with Gasteiger partial charge in [-0.15, -0.1) is 0 Å². The van der Waals surface area contributed by atoms with Gasteiger partial charge in [0, 0.05) is 19.2 Å². The standard InChI is InChI=1S/C17H20N6O2/c1-25-11-5-6-12-13(9-11)20-16(19-12)15-14(10-18-22-15)21-17(24)23-7-3-2-4-8-23/h5-6,9-10H,2-4,7-8H2,1H3,(H,18,22)(H,19,20)(H,21,24). The van der Waals surface area contributed by atoms with E-state index in [4.69, 9.17) is 4.74 Å². The van der Waals surface area contributed by atoms with E-state index >= 15 is 0 Å². The van der Waals surface area contributed by atoms with E-state index in [9.17, 15) is 4.79 Å². The van der Waals surface area contributed by atoms with Gasteiger partial charge in [0.25, 0.3) is 0 Å². The molecule has 0 bridgehead atoms. The van der Waals surface area contributed by atoms with Gasteiger partial charge in [0.2, 0.25) is 0 Å². The Hall–Kier alpha value is -3.03. The summed E-state index contributed by atoms with van der Waals surface area (Å²) in [6.07, 6.45) is 4.89. The van der Waals surface area contributed by atoms with E-state index < -0.39 is 0 Å². The van der Waals surface area contributed by atoms with Crippen molar-refractivity contribution in [1.29, 1.82) is 0 Å². The molecular formula is C17H20N6O2. The highest BCUT2D eigenvalue weighted by molar-refractivity contribution is 5.93. The molecule has 0 atom stereocenters. The molecule has 2 aromatic heterocycles. The highest BCUT2D eigenvalue weighted by Gasteiger charge is 2.19. The van der Waals surface area contributed by atoms with E-state index in [-0.39, 0.29) is 6.03 Å². The second kappa shape index (κ2) is 6.46. The van der Waals surface area contributed by atoms with E-state index in [1.807, 2.05) is 23.1 Å². The van der Waals surface area contributed by atoms with Crippen molar-refractivity contribution in [3.8, 4) is 17.3 Å². The summed E-state index contributed by atoms with van der Waals surface area (Å²) < 4.78 is 5.24. The van der Waals surface area contributed by atoms with E-state index in [0.29, 0.717) is 17.2 Å². The van der Waals surface area contributed by atoms with Crippen LogP contribution in [-0.4, -0.2) is 51.3 Å². The third-order valence-electron chi connectivity index (χ3n) is 4.45. The molecule has 130 valence electrons. The summed E-state index contributed by atoms with van der Waals surface area (Å²) in [6, 6.07) is 5.53. The van der Waals surface area contributed by atoms with E-state index in [2.05, 4.69) is 25.5 Å². The maximum absolute atomic E-state index is 12.4. The molecule has 3 heterocycles. The Morgan fingerprint density at radius 2 is 2.12 bits per heavy atom. The average Bonchev–Trinajstić information content (AvgIpc) is 3.27. The van der Waals surface area contributed by atoms with Crippen LogP contribution in [0.5, 0.6) is 5.75 Å². The summed E-state index contributed by atoms with van der Waals surface area (Å²) in [4.78, 5) is 22.1.